The number of amides is 1. The Labute approximate surface area is 212 Å². The summed E-state index contributed by atoms with van der Waals surface area (Å²) in [6, 6.07) is 17.9. The molecule has 0 bridgehead atoms. The van der Waals surface area contributed by atoms with Crippen LogP contribution in [0.25, 0.3) is 23.1 Å². The fourth-order valence-corrected chi connectivity index (χ4v) is 7.18. The normalized spacial score (nSPS) is 12.2. The molecule has 178 valence electrons. The summed E-state index contributed by atoms with van der Waals surface area (Å²) in [6.07, 6.45) is 4.60. The highest BCUT2D eigenvalue weighted by molar-refractivity contribution is 8.14. The van der Waals surface area contributed by atoms with Crippen molar-refractivity contribution in [2.45, 2.75) is 17.7 Å². The Balaban J connectivity index is 1.71. The third-order valence-electron chi connectivity index (χ3n) is 5.06. The van der Waals surface area contributed by atoms with E-state index in [-0.39, 0.29) is 23.2 Å². The summed E-state index contributed by atoms with van der Waals surface area (Å²) in [5.74, 6) is 0.632. The Kier molecular flexibility index (Phi) is 9.86. The van der Waals surface area contributed by atoms with Crippen LogP contribution >= 0.6 is 23.4 Å². The number of fused-ring (bicyclic) bond motifs is 1. The number of rotatable bonds is 11. The highest BCUT2D eigenvalue weighted by Crippen LogP contribution is 2.23. The first-order chi connectivity index (χ1) is 16.3. The highest BCUT2D eigenvalue weighted by Gasteiger charge is 2.23. The Bertz CT molecular complexity index is 1180. The average Bonchev–Trinajstić information content (AvgIpc) is 2.81. The molecule has 5 nitrogen and oxygen atoms in total. The summed E-state index contributed by atoms with van der Waals surface area (Å²) in [7, 11) is 3.29. The van der Waals surface area contributed by atoms with Crippen LogP contribution in [0.5, 0.6) is 0 Å². The summed E-state index contributed by atoms with van der Waals surface area (Å²) < 4.78 is 0. The van der Waals surface area contributed by atoms with Crippen molar-refractivity contribution in [2.24, 2.45) is 0 Å². The van der Waals surface area contributed by atoms with E-state index in [1.54, 1.807) is 30.8 Å². The standard InChI is InChI=1S/C26H27ClN2O3S2/c1-29(2)25(30)12-14-33-18-34(15-13-26(31)32)23-5-3-4-19(16-23)6-10-22-11-8-20-7-9-21(27)17-24(20)28-22/h3-11,16-17H,12-15,18H2,1-2H3/p+1. The van der Waals surface area contributed by atoms with Crippen molar-refractivity contribution >= 4 is 69.2 Å². The minimum atomic E-state index is -0.788. The van der Waals surface area contributed by atoms with Gasteiger partial charge in [-0.05, 0) is 35.9 Å². The molecule has 0 radical (unpaired) electrons. The topological polar surface area (TPSA) is 70.5 Å². The molecule has 0 aliphatic carbocycles. The van der Waals surface area contributed by atoms with Gasteiger partial charge in [-0.25, -0.2) is 4.98 Å². The molecule has 1 heterocycles. The lowest BCUT2D eigenvalue weighted by atomic mass is 10.1. The molecule has 8 heteroatoms. The van der Waals surface area contributed by atoms with E-state index in [1.807, 2.05) is 54.6 Å². The predicted octanol–water partition coefficient (Wildman–Crippen LogP) is 5.68. The first kappa shape index (κ1) is 26.1. The molecule has 3 aromatic rings. The molecule has 1 aromatic heterocycles. The van der Waals surface area contributed by atoms with Crippen LogP contribution in [0.2, 0.25) is 5.02 Å². The molecule has 0 saturated carbocycles. The maximum absolute atomic E-state index is 11.8. The lowest BCUT2D eigenvalue weighted by Crippen LogP contribution is -2.22. The number of hydrogen-bond acceptors (Lipinski definition) is 4. The maximum Gasteiger partial charge on any atom is 0.308 e. The summed E-state index contributed by atoms with van der Waals surface area (Å²) in [4.78, 5) is 30.4. The van der Waals surface area contributed by atoms with Gasteiger partial charge >= 0.3 is 5.97 Å². The molecular formula is C26H28ClN2O3S2+. The monoisotopic (exact) mass is 515 g/mol. The second-order valence-corrected chi connectivity index (χ2v) is 11.9. The third kappa shape index (κ3) is 8.08. The molecule has 1 amide bonds. The van der Waals surface area contributed by atoms with Gasteiger partial charge in [0.05, 0.1) is 17.6 Å². The van der Waals surface area contributed by atoms with E-state index in [9.17, 15) is 14.7 Å². The Morgan fingerprint density at radius 2 is 1.88 bits per heavy atom. The van der Waals surface area contributed by atoms with E-state index < -0.39 is 5.97 Å². The quantitative estimate of drug-likeness (QED) is 0.263. The zero-order valence-electron chi connectivity index (χ0n) is 19.2. The van der Waals surface area contributed by atoms with Crippen LogP contribution in [0.15, 0.2) is 59.5 Å². The van der Waals surface area contributed by atoms with Crippen molar-refractivity contribution in [3.63, 3.8) is 0 Å². The molecule has 0 spiro atoms. The summed E-state index contributed by atoms with van der Waals surface area (Å²) in [5.41, 5.74) is 2.72. The molecule has 1 atom stereocenters. The van der Waals surface area contributed by atoms with Gasteiger partial charge in [0, 0.05) is 53.6 Å². The zero-order chi connectivity index (χ0) is 24.5. The van der Waals surface area contributed by atoms with Crippen LogP contribution in [0, 0.1) is 0 Å². The van der Waals surface area contributed by atoms with E-state index in [4.69, 9.17) is 11.6 Å². The van der Waals surface area contributed by atoms with Gasteiger partial charge in [0.25, 0.3) is 0 Å². The minimum Gasteiger partial charge on any atom is -0.481 e. The van der Waals surface area contributed by atoms with Crippen LogP contribution in [0.3, 0.4) is 0 Å². The second kappa shape index (κ2) is 12.8. The molecule has 34 heavy (non-hydrogen) atoms. The van der Waals surface area contributed by atoms with E-state index in [2.05, 4.69) is 17.1 Å². The van der Waals surface area contributed by atoms with Gasteiger partial charge in [-0.3, -0.25) is 9.59 Å². The highest BCUT2D eigenvalue weighted by atomic mass is 35.5. The van der Waals surface area contributed by atoms with E-state index in [1.165, 1.54) is 0 Å². The maximum atomic E-state index is 11.8. The van der Waals surface area contributed by atoms with Crippen LogP contribution in [-0.4, -0.2) is 57.6 Å². The number of nitrogens with zero attached hydrogens (tertiary/aromatic N) is 2. The smallest absolute Gasteiger partial charge is 0.308 e. The number of carbonyl (C=O) groups excluding carboxylic acids is 1. The SMILES string of the molecule is CN(C)C(=O)CCSC[S+](CCC(=O)O)c1cccc(C=Cc2ccc3ccc(Cl)cc3n2)c1. The van der Waals surface area contributed by atoms with Crippen molar-refractivity contribution in [3.05, 3.63) is 70.9 Å². The number of thioether (sulfide) groups is 1. The van der Waals surface area contributed by atoms with Crippen molar-refractivity contribution < 1.29 is 14.7 Å². The van der Waals surface area contributed by atoms with Gasteiger partial charge in [0.1, 0.15) is 5.75 Å². The third-order valence-corrected chi connectivity index (χ3v) is 9.21. The molecule has 0 fully saturated rings. The molecule has 0 aliphatic rings. The Morgan fingerprint density at radius 1 is 1.09 bits per heavy atom. The number of aromatic nitrogens is 1. The number of pyridine rings is 1. The summed E-state index contributed by atoms with van der Waals surface area (Å²) in [6.45, 7) is 0. The van der Waals surface area contributed by atoms with Gasteiger partial charge in [-0.1, -0.05) is 41.9 Å². The van der Waals surface area contributed by atoms with Gasteiger partial charge in [0.15, 0.2) is 9.98 Å². The fourth-order valence-electron chi connectivity index (χ4n) is 3.18. The number of benzene rings is 2. The molecule has 0 saturated heterocycles. The molecule has 0 aliphatic heterocycles. The van der Waals surface area contributed by atoms with E-state index in [0.29, 0.717) is 17.2 Å². The zero-order valence-corrected chi connectivity index (χ0v) is 21.6. The largest absolute Gasteiger partial charge is 0.481 e. The number of hydrogen-bond donors (Lipinski definition) is 1. The molecule has 2 aromatic carbocycles. The van der Waals surface area contributed by atoms with E-state index in [0.717, 1.165) is 37.9 Å². The van der Waals surface area contributed by atoms with Crippen molar-refractivity contribution in [2.75, 3.05) is 30.7 Å². The van der Waals surface area contributed by atoms with Gasteiger partial charge in [0.2, 0.25) is 5.91 Å². The minimum absolute atomic E-state index is 0.106. The number of carboxylic acids is 1. The molecular weight excluding hydrogens is 488 g/mol. The number of carboxylic acid groups (broad SMARTS) is 1. The van der Waals surface area contributed by atoms with Crippen molar-refractivity contribution in [1.82, 2.24) is 9.88 Å². The van der Waals surface area contributed by atoms with Crippen LogP contribution in [0.4, 0.5) is 0 Å². The lowest BCUT2D eigenvalue weighted by molar-refractivity contribution is -0.136. The number of halogens is 1. The fraction of sp³-hybridized carbons (Fsp3) is 0.269. The lowest BCUT2D eigenvalue weighted by Gasteiger charge is -2.10. The van der Waals surface area contributed by atoms with Crippen molar-refractivity contribution in [1.29, 1.82) is 0 Å². The van der Waals surface area contributed by atoms with E-state index >= 15 is 0 Å². The molecule has 1 N–H and O–H groups in total. The predicted molar refractivity (Wildman–Crippen MR) is 146 cm³/mol. The Morgan fingerprint density at radius 3 is 2.65 bits per heavy atom. The molecule has 3 rings (SSSR count). The second-order valence-electron chi connectivity index (χ2n) is 7.88. The van der Waals surface area contributed by atoms with Crippen LogP contribution < -0.4 is 0 Å². The van der Waals surface area contributed by atoms with Crippen LogP contribution in [-0.2, 0) is 20.5 Å². The summed E-state index contributed by atoms with van der Waals surface area (Å²) >= 11 is 7.80. The summed E-state index contributed by atoms with van der Waals surface area (Å²) in [5, 5.41) is 11.7. The van der Waals surface area contributed by atoms with Gasteiger partial charge in [-0.15, -0.1) is 11.8 Å². The first-order valence-corrected chi connectivity index (χ1v) is 13.9. The number of carbonyl (C=O) groups is 2. The van der Waals surface area contributed by atoms with Crippen molar-refractivity contribution in [3.8, 4) is 0 Å². The van der Waals surface area contributed by atoms with Crippen LogP contribution in [0.1, 0.15) is 24.1 Å². The first-order valence-electron chi connectivity index (χ1n) is 10.8. The average molecular weight is 516 g/mol. The van der Waals surface area contributed by atoms with Gasteiger partial charge in [-0.2, -0.15) is 0 Å². The Hall–Kier alpha value is -2.48. The number of aliphatic carboxylic acids is 1. The van der Waals surface area contributed by atoms with Gasteiger partial charge < -0.3 is 10.0 Å². The molecule has 1 unspecified atom stereocenters.